The fourth-order valence-corrected chi connectivity index (χ4v) is 3.83. The molecular formula is C21H40. The highest BCUT2D eigenvalue weighted by atomic mass is 14.3. The molecule has 0 aromatic heterocycles. The molecule has 0 heterocycles. The first kappa shape index (κ1) is 18.8. The monoisotopic (exact) mass is 292 g/mol. The van der Waals surface area contributed by atoms with Gasteiger partial charge >= 0.3 is 0 Å². The predicted octanol–water partition coefficient (Wildman–Crippen LogP) is 7.25. The first-order valence-corrected chi connectivity index (χ1v) is 9.71. The summed E-state index contributed by atoms with van der Waals surface area (Å²) >= 11 is 0. The summed E-state index contributed by atoms with van der Waals surface area (Å²) in [5.41, 5.74) is 0. The van der Waals surface area contributed by atoms with E-state index < -0.39 is 0 Å². The Hall–Kier alpha value is -0.260. The first-order chi connectivity index (χ1) is 10.0. The molecule has 0 fully saturated rings. The van der Waals surface area contributed by atoms with Crippen LogP contribution in [0.25, 0.3) is 0 Å². The molecule has 4 unspecified atom stereocenters. The van der Waals surface area contributed by atoms with Crippen LogP contribution in [0.2, 0.25) is 0 Å². The van der Waals surface area contributed by atoms with Gasteiger partial charge in [0, 0.05) is 0 Å². The molecule has 21 heavy (non-hydrogen) atoms. The van der Waals surface area contributed by atoms with Crippen LogP contribution in [0.15, 0.2) is 12.2 Å². The third kappa shape index (κ3) is 7.52. The lowest BCUT2D eigenvalue weighted by Gasteiger charge is -2.30. The number of allylic oxidation sites excluding steroid dienone is 2. The van der Waals surface area contributed by atoms with Gasteiger partial charge in [-0.3, -0.25) is 0 Å². The summed E-state index contributed by atoms with van der Waals surface area (Å²) < 4.78 is 0. The molecule has 0 radical (unpaired) electrons. The molecule has 0 N–H and O–H groups in total. The van der Waals surface area contributed by atoms with Gasteiger partial charge in [-0.15, -0.1) is 0 Å². The standard InChI is InChI=1S/C21H40/c1-6-11-18(4)19(5)12-8-7-9-13-21(16-17(2)3)20-14-10-15-20/h10,14,17-21H,6-9,11-13,15-16H2,1-5H3. The van der Waals surface area contributed by atoms with Gasteiger partial charge in [0.2, 0.25) is 0 Å². The minimum absolute atomic E-state index is 0.860. The molecular weight excluding hydrogens is 252 g/mol. The molecule has 0 aliphatic heterocycles. The van der Waals surface area contributed by atoms with Gasteiger partial charge in [0.1, 0.15) is 0 Å². The van der Waals surface area contributed by atoms with Gasteiger partial charge in [0.05, 0.1) is 0 Å². The van der Waals surface area contributed by atoms with Gasteiger partial charge in [-0.05, 0) is 48.9 Å². The van der Waals surface area contributed by atoms with E-state index in [4.69, 9.17) is 0 Å². The molecule has 0 amide bonds. The molecule has 124 valence electrons. The molecule has 0 saturated heterocycles. The second kappa shape index (κ2) is 10.5. The molecule has 4 atom stereocenters. The third-order valence-corrected chi connectivity index (χ3v) is 5.62. The van der Waals surface area contributed by atoms with Crippen molar-refractivity contribution in [2.75, 3.05) is 0 Å². The summed E-state index contributed by atoms with van der Waals surface area (Å²) in [4.78, 5) is 0. The van der Waals surface area contributed by atoms with E-state index in [9.17, 15) is 0 Å². The van der Waals surface area contributed by atoms with E-state index in [-0.39, 0.29) is 0 Å². The minimum Gasteiger partial charge on any atom is -0.0876 e. The Morgan fingerprint density at radius 3 is 2.05 bits per heavy atom. The quantitative estimate of drug-likeness (QED) is 0.262. The Bertz CT molecular complexity index is 276. The highest BCUT2D eigenvalue weighted by molar-refractivity contribution is 5.04. The molecule has 1 aliphatic carbocycles. The Labute approximate surface area is 134 Å². The lowest BCUT2D eigenvalue weighted by atomic mass is 9.76. The highest BCUT2D eigenvalue weighted by Gasteiger charge is 2.22. The zero-order valence-corrected chi connectivity index (χ0v) is 15.4. The van der Waals surface area contributed by atoms with Gasteiger partial charge in [-0.1, -0.05) is 85.3 Å². The molecule has 0 spiro atoms. The van der Waals surface area contributed by atoms with Crippen LogP contribution >= 0.6 is 0 Å². The average molecular weight is 293 g/mol. The minimum atomic E-state index is 0.860. The maximum absolute atomic E-state index is 2.46. The van der Waals surface area contributed by atoms with Crippen LogP contribution in [0.4, 0.5) is 0 Å². The van der Waals surface area contributed by atoms with Crippen molar-refractivity contribution >= 4 is 0 Å². The summed E-state index contributed by atoms with van der Waals surface area (Å²) in [7, 11) is 0. The normalized spacial score (nSPS) is 22.1. The summed E-state index contributed by atoms with van der Waals surface area (Å²) in [6.45, 7) is 12.0. The van der Waals surface area contributed by atoms with Crippen molar-refractivity contribution in [1.82, 2.24) is 0 Å². The van der Waals surface area contributed by atoms with Gasteiger partial charge in [0.25, 0.3) is 0 Å². The number of hydrogen-bond donors (Lipinski definition) is 0. The largest absolute Gasteiger partial charge is 0.0876 e. The van der Waals surface area contributed by atoms with Crippen molar-refractivity contribution in [2.24, 2.45) is 29.6 Å². The number of hydrogen-bond acceptors (Lipinski definition) is 0. The molecule has 1 aliphatic rings. The second-order valence-corrected chi connectivity index (χ2v) is 8.10. The van der Waals surface area contributed by atoms with Gasteiger partial charge in [-0.25, -0.2) is 0 Å². The van der Waals surface area contributed by atoms with Crippen molar-refractivity contribution in [3.05, 3.63) is 12.2 Å². The lowest BCUT2D eigenvalue weighted by Crippen LogP contribution is -2.19. The van der Waals surface area contributed by atoms with E-state index in [1.165, 1.54) is 57.8 Å². The lowest BCUT2D eigenvalue weighted by molar-refractivity contribution is 0.279. The van der Waals surface area contributed by atoms with E-state index in [1.54, 1.807) is 0 Å². The van der Waals surface area contributed by atoms with E-state index in [0.717, 1.165) is 29.6 Å². The molecule has 0 nitrogen and oxygen atoms in total. The number of unbranched alkanes of at least 4 members (excludes halogenated alkanes) is 2. The van der Waals surface area contributed by atoms with Crippen molar-refractivity contribution in [2.45, 2.75) is 92.4 Å². The van der Waals surface area contributed by atoms with Crippen molar-refractivity contribution in [3.63, 3.8) is 0 Å². The van der Waals surface area contributed by atoms with Crippen LogP contribution in [0.1, 0.15) is 92.4 Å². The van der Waals surface area contributed by atoms with Gasteiger partial charge < -0.3 is 0 Å². The Balaban J connectivity index is 2.12. The van der Waals surface area contributed by atoms with Crippen LogP contribution in [-0.4, -0.2) is 0 Å². The Morgan fingerprint density at radius 1 is 0.905 bits per heavy atom. The highest BCUT2D eigenvalue weighted by Crippen LogP contribution is 2.34. The molecule has 1 rings (SSSR count). The fourth-order valence-electron chi connectivity index (χ4n) is 3.83. The van der Waals surface area contributed by atoms with Crippen LogP contribution < -0.4 is 0 Å². The zero-order valence-electron chi connectivity index (χ0n) is 15.4. The summed E-state index contributed by atoms with van der Waals surface area (Å²) in [5.74, 6) is 4.58. The van der Waals surface area contributed by atoms with Crippen molar-refractivity contribution < 1.29 is 0 Å². The van der Waals surface area contributed by atoms with Crippen LogP contribution in [-0.2, 0) is 0 Å². The van der Waals surface area contributed by atoms with Crippen LogP contribution in [0, 0.1) is 29.6 Å². The van der Waals surface area contributed by atoms with Gasteiger partial charge in [-0.2, -0.15) is 0 Å². The fraction of sp³-hybridized carbons (Fsp3) is 0.905. The molecule has 0 bridgehead atoms. The maximum atomic E-state index is 2.46. The van der Waals surface area contributed by atoms with Crippen LogP contribution in [0.5, 0.6) is 0 Å². The third-order valence-electron chi connectivity index (χ3n) is 5.62. The van der Waals surface area contributed by atoms with Gasteiger partial charge in [0.15, 0.2) is 0 Å². The SMILES string of the molecule is CCCC(C)C(C)CCCCCC(CC(C)C)C1C=CC1. The molecule has 0 saturated carbocycles. The topological polar surface area (TPSA) is 0 Å². The van der Waals surface area contributed by atoms with E-state index in [1.807, 2.05) is 0 Å². The van der Waals surface area contributed by atoms with Crippen molar-refractivity contribution in [1.29, 1.82) is 0 Å². The summed E-state index contributed by atoms with van der Waals surface area (Å²) in [6, 6.07) is 0. The smallest absolute Gasteiger partial charge is 0.0170 e. The summed E-state index contributed by atoms with van der Waals surface area (Å²) in [6.07, 6.45) is 17.6. The second-order valence-electron chi connectivity index (χ2n) is 8.10. The molecule has 0 heteroatoms. The maximum Gasteiger partial charge on any atom is -0.0170 e. The molecule has 0 aromatic carbocycles. The Kier molecular flexibility index (Phi) is 9.36. The summed E-state index contributed by atoms with van der Waals surface area (Å²) in [5, 5.41) is 0. The average Bonchev–Trinajstić information content (AvgIpc) is 2.35. The van der Waals surface area contributed by atoms with Crippen LogP contribution in [0.3, 0.4) is 0 Å². The van der Waals surface area contributed by atoms with Crippen molar-refractivity contribution in [3.8, 4) is 0 Å². The zero-order chi connectivity index (χ0) is 15.7. The first-order valence-electron chi connectivity index (χ1n) is 9.71. The van der Waals surface area contributed by atoms with E-state index >= 15 is 0 Å². The van der Waals surface area contributed by atoms with E-state index in [0.29, 0.717) is 0 Å². The number of rotatable bonds is 12. The Morgan fingerprint density at radius 2 is 1.52 bits per heavy atom. The van der Waals surface area contributed by atoms with E-state index in [2.05, 4.69) is 46.8 Å². The molecule has 0 aromatic rings. The predicted molar refractivity (Wildman–Crippen MR) is 96.5 cm³/mol.